The molecule has 2 aromatic carbocycles. The van der Waals surface area contributed by atoms with Crippen LogP contribution in [0.3, 0.4) is 0 Å². The molecule has 0 amide bonds. The van der Waals surface area contributed by atoms with Gasteiger partial charge in [-0.3, -0.25) is 10.1 Å². The van der Waals surface area contributed by atoms with Crippen LogP contribution in [0.1, 0.15) is 0 Å². The number of benzene rings is 2. The van der Waals surface area contributed by atoms with E-state index in [2.05, 4.69) is 5.32 Å². The van der Waals surface area contributed by atoms with E-state index in [1.165, 1.54) is 42.5 Å². The van der Waals surface area contributed by atoms with E-state index < -0.39 is 35.3 Å². The molecule has 144 valence electrons. The van der Waals surface area contributed by atoms with Gasteiger partial charge in [-0.2, -0.15) is 0 Å². The molecule has 1 saturated heterocycles. The molecular formula is C17H17FN2O7. The van der Waals surface area contributed by atoms with Gasteiger partial charge in [0.2, 0.25) is 0 Å². The van der Waals surface area contributed by atoms with Gasteiger partial charge >= 0.3 is 0 Å². The number of nitro benzene ring substituents is 1. The predicted octanol–water partition coefficient (Wildman–Crippen LogP) is 1.38. The van der Waals surface area contributed by atoms with Gasteiger partial charge in [-0.25, -0.2) is 4.39 Å². The summed E-state index contributed by atoms with van der Waals surface area (Å²) < 4.78 is 23.7. The average molecular weight is 380 g/mol. The third-order valence-electron chi connectivity index (χ3n) is 3.96. The highest BCUT2D eigenvalue weighted by Gasteiger charge is 2.37. The second kappa shape index (κ2) is 7.84. The van der Waals surface area contributed by atoms with Crippen LogP contribution in [0.5, 0.6) is 11.5 Å². The van der Waals surface area contributed by atoms with Crippen molar-refractivity contribution in [1.82, 2.24) is 0 Å². The van der Waals surface area contributed by atoms with Gasteiger partial charge in [0.1, 0.15) is 35.6 Å². The van der Waals surface area contributed by atoms with E-state index in [1.54, 1.807) is 0 Å². The smallest absolute Gasteiger partial charge is 0.275 e. The van der Waals surface area contributed by atoms with Crippen LogP contribution in [-0.2, 0) is 4.74 Å². The molecule has 0 aliphatic carbocycles. The van der Waals surface area contributed by atoms with E-state index in [9.17, 15) is 29.8 Å². The first-order chi connectivity index (χ1) is 12.8. The van der Waals surface area contributed by atoms with Gasteiger partial charge in [-0.05, 0) is 24.3 Å². The number of aliphatic hydroxyl groups is 3. The van der Waals surface area contributed by atoms with E-state index in [0.717, 1.165) is 0 Å². The number of rotatable bonds is 5. The van der Waals surface area contributed by atoms with Gasteiger partial charge in [0.25, 0.3) is 5.69 Å². The van der Waals surface area contributed by atoms with Crippen LogP contribution in [0.2, 0.25) is 0 Å². The number of anilines is 1. The number of hydrogen-bond acceptors (Lipinski definition) is 8. The summed E-state index contributed by atoms with van der Waals surface area (Å²) in [5.41, 5.74) is -0.100. The summed E-state index contributed by atoms with van der Waals surface area (Å²) >= 11 is 0. The van der Waals surface area contributed by atoms with E-state index in [4.69, 9.17) is 9.47 Å². The van der Waals surface area contributed by atoms with Crippen LogP contribution in [0.4, 0.5) is 15.8 Å². The zero-order chi connectivity index (χ0) is 19.6. The monoisotopic (exact) mass is 380 g/mol. The molecule has 0 aromatic heterocycles. The van der Waals surface area contributed by atoms with Crippen molar-refractivity contribution < 1.29 is 34.1 Å². The van der Waals surface area contributed by atoms with Crippen LogP contribution in [0.25, 0.3) is 0 Å². The van der Waals surface area contributed by atoms with Gasteiger partial charge in [0.05, 0.1) is 17.6 Å². The fraction of sp³-hybridized carbons (Fsp3) is 0.294. The van der Waals surface area contributed by atoms with Crippen LogP contribution in [0, 0.1) is 15.9 Å². The topological polar surface area (TPSA) is 134 Å². The molecule has 1 aliphatic rings. The third-order valence-corrected chi connectivity index (χ3v) is 3.96. The number of nitrogens with one attached hydrogen (secondary N) is 1. The molecule has 0 spiro atoms. The lowest BCUT2D eigenvalue weighted by Gasteiger charge is -2.35. The Bertz CT molecular complexity index is 817. The SMILES string of the molecule is O=[N+]([O-])c1cc(N[C@@H]2OC[C@@H](O)[C@@H](O)[C@H]2O)cc(Oc2ccc(F)cc2)c1. The van der Waals surface area contributed by atoms with Crippen molar-refractivity contribution in [2.24, 2.45) is 0 Å². The summed E-state index contributed by atoms with van der Waals surface area (Å²) in [5, 5.41) is 43.1. The predicted molar refractivity (Wildman–Crippen MR) is 91.0 cm³/mol. The number of ether oxygens (including phenoxy) is 2. The quantitative estimate of drug-likeness (QED) is 0.451. The molecule has 0 unspecified atom stereocenters. The van der Waals surface area contributed by atoms with Gasteiger partial charge in [-0.15, -0.1) is 0 Å². The van der Waals surface area contributed by atoms with E-state index in [0.29, 0.717) is 0 Å². The highest BCUT2D eigenvalue weighted by atomic mass is 19.1. The standard InChI is InChI=1S/C17H17FN2O7/c18-9-1-3-12(4-2-9)27-13-6-10(5-11(7-13)20(24)25)19-17-16(23)15(22)14(21)8-26-17/h1-7,14-17,19,21-23H,8H2/t14-,15-,16-,17-/m1/s1. The molecule has 3 rings (SSSR count). The van der Waals surface area contributed by atoms with Crippen LogP contribution < -0.4 is 10.1 Å². The fourth-order valence-corrected chi connectivity index (χ4v) is 2.57. The molecule has 4 N–H and O–H groups in total. The Morgan fingerprint density at radius 2 is 1.81 bits per heavy atom. The molecule has 0 radical (unpaired) electrons. The summed E-state index contributed by atoms with van der Waals surface area (Å²) in [6, 6.07) is 8.91. The maximum atomic E-state index is 13.0. The molecule has 1 aliphatic heterocycles. The molecule has 1 fully saturated rings. The Morgan fingerprint density at radius 3 is 2.48 bits per heavy atom. The lowest BCUT2D eigenvalue weighted by Crippen LogP contribution is -2.55. The van der Waals surface area contributed by atoms with E-state index >= 15 is 0 Å². The average Bonchev–Trinajstić information content (AvgIpc) is 2.64. The van der Waals surface area contributed by atoms with Crippen molar-refractivity contribution in [3.05, 3.63) is 58.4 Å². The minimum Gasteiger partial charge on any atom is -0.457 e. The Balaban J connectivity index is 1.83. The maximum Gasteiger partial charge on any atom is 0.275 e. The molecule has 1 heterocycles. The van der Waals surface area contributed by atoms with Crippen LogP contribution in [-0.4, -0.2) is 51.4 Å². The summed E-state index contributed by atoms with van der Waals surface area (Å²) in [4.78, 5) is 10.5. The molecular weight excluding hydrogens is 363 g/mol. The number of non-ortho nitro benzene ring substituents is 1. The summed E-state index contributed by atoms with van der Waals surface area (Å²) in [7, 11) is 0. The lowest BCUT2D eigenvalue weighted by molar-refractivity contribution is -0.384. The second-order valence-corrected chi connectivity index (χ2v) is 5.98. The summed E-state index contributed by atoms with van der Waals surface area (Å²) in [5.74, 6) is -0.0764. The first-order valence-corrected chi connectivity index (χ1v) is 7.99. The maximum absolute atomic E-state index is 13.0. The molecule has 9 nitrogen and oxygen atoms in total. The van der Waals surface area contributed by atoms with Crippen LogP contribution >= 0.6 is 0 Å². The van der Waals surface area contributed by atoms with Gasteiger partial charge in [-0.1, -0.05) is 0 Å². The molecule has 0 saturated carbocycles. The minimum atomic E-state index is -1.45. The summed E-state index contributed by atoms with van der Waals surface area (Å²) in [6.45, 7) is -0.218. The van der Waals surface area contributed by atoms with Crippen molar-refractivity contribution in [2.45, 2.75) is 24.5 Å². The van der Waals surface area contributed by atoms with Gasteiger partial charge in [0.15, 0.2) is 6.23 Å². The Labute approximate surface area is 152 Å². The minimum absolute atomic E-state index is 0.101. The van der Waals surface area contributed by atoms with Crippen molar-refractivity contribution in [2.75, 3.05) is 11.9 Å². The Kier molecular flexibility index (Phi) is 5.51. The number of aliphatic hydroxyl groups excluding tert-OH is 3. The zero-order valence-electron chi connectivity index (χ0n) is 13.9. The molecule has 4 atom stereocenters. The van der Waals surface area contributed by atoms with Crippen molar-refractivity contribution in [1.29, 1.82) is 0 Å². The molecule has 0 bridgehead atoms. The first kappa shape index (κ1) is 19.0. The molecule has 2 aromatic rings. The van der Waals surface area contributed by atoms with Crippen molar-refractivity contribution >= 4 is 11.4 Å². The Hall–Kier alpha value is -2.79. The molecule has 27 heavy (non-hydrogen) atoms. The largest absolute Gasteiger partial charge is 0.457 e. The van der Waals surface area contributed by atoms with Crippen LogP contribution in [0.15, 0.2) is 42.5 Å². The third kappa shape index (κ3) is 4.49. The second-order valence-electron chi connectivity index (χ2n) is 5.98. The van der Waals surface area contributed by atoms with E-state index in [1.807, 2.05) is 0 Å². The number of nitro groups is 1. The zero-order valence-corrected chi connectivity index (χ0v) is 13.9. The van der Waals surface area contributed by atoms with Crippen molar-refractivity contribution in [3.8, 4) is 11.5 Å². The lowest BCUT2D eigenvalue weighted by atomic mass is 10.0. The fourth-order valence-electron chi connectivity index (χ4n) is 2.57. The Morgan fingerprint density at radius 1 is 1.11 bits per heavy atom. The number of hydrogen-bond donors (Lipinski definition) is 4. The number of halogens is 1. The van der Waals surface area contributed by atoms with Gasteiger partial charge in [0, 0.05) is 17.8 Å². The summed E-state index contributed by atoms with van der Waals surface area (Å²) in [6.07, 6.45) is -5.20. The van der Waals surface area contributed by atoms with Gasteiger partial charge < -0.3 is 30.1 Å². The normalized spacial score (nSPS) is 25.0. The van der Waals surface area contributed by atoms with Crippen molar-refractivity contribution in [3.63, 3.8) is 0 Å². The highest BCUT2D eigenvalue weighted by Crippen LogP contribution is 2.31. The molecule has 10 heteroatoms. The van der Waals surface area contributed by atoms with E-state index in [-0.39, 0.29) is 29.5 Å². The first-order valence-electron chi connectivity index (χ1n) is 7.99. The highest BCUT2D eigenvalue weighted by molar-refractivity contribution is 5.57. The number of nitrogens with zero attached hydrogens (tertiary/aromatic N) is 1.